The number of nitrogens with zero attached hydrogens (tertiary/aromatic N) is 4. The summed E-state index contributed by atoms with van der Waals surface area (Å²) in [6, 6.07) is 5.95. The van der Waals surface area contributed by atoms with Crippen LogP contribution in [0.15, 0.2) is 36.4 Å². The Bertz CT molecular complexity index is 2490. The average Bonchev–Trinajstić information content (AvgIpc) is 3.99. The Kier molecular flexibility index (Phi) is 18.3. The molecule has 1 aliphatic carbocycles. The number of esters is 2. The summed E-state index contributed by atoms with van der Waals surface area (Å²) in [4.78, 5) is 61.8. The predicted octanol–water partition coefficient (Wildman–Crippen LogP) is 12.8. The smallest absolute Gasteiger partial charge is 0.657 e. The summed E-state index contributed by atoms with van der Waals surface area (Å²) in [7, 11) is 1.30. The molecule has 65 heavy (non-hydrogen) atoms. The third kappa shape index (κ3) is 11.6. The second-order valence-electron chi connectivity index (χ2n) is 19.4. The molecule has 5 heterocycles. The van der Waals surface area contributed by atoms with Crippen molar-refractivity contribution in [2.45, 2.75) is 164 Å². The molecule has 3 aromatic rings. The standard InChI is InChI=1S/C55H73N4O5.Mg/c1-13-39-35(8)42-28-44-37(10)41(24-25-48(60)64-27-26-34(7)23-17-22-33(6)21-16-20-32(5)19-15-18-31(3)4)52(58-44)50-51(55(62)63-12)54(61)49-38(11)45(59-53(49)50)30-47-40(14-2)36(9)43(57-47)29-46(39)56-42;/h13,26,28-33,37,41,51H,1,14-25,27H2,2-12H3,(H-,56,57,58,59,61);/q-1;+2/p-1/b34-26+;/t32-,33-,37-,41-,51-;/m0./s1. The molecule has 0 spiro atoms. The van der Waals surface area contributed by atoms with E-state index in [1.54, 1.807) is 0 Å². The van der Waals surface area contributed by atoms with E-state index in [1.165, 1.54) is 57.6 Å². The normalized spacial score (nSPS) is 17.9. The number of ketones is 1. The van der Waals surface area contributed by atoms with Crippen molar-refractivity contribution in [1.82, 2.24) is 19.9 Å². The first-order valence-electron chi connectivity index (χ1n) is 24.0. The van der Waals surface area contributed by atoms with Crippen LogP contribution in [-0.2, 0) is 19.1 Å². The maximum Gasteiger partial charge on any atom is 2.00 e. The van der Waals surface area contributed by atoms with Gasteiger partial charge in [-0.2, -0.15) is 0 Å². The Hall–Kier alpha value is -4.28. The average molecular weight is 894 g/mol. The Morgan fingerprint density at radius 3 is 2.15 bits per heavy atom. The summed E-state index contributed by atoms with van der Waals surface area (Å²) in [5.41, 5.74) is 12.3. The fourth-order valence-corrected chi connectivity index (χ4v) is 10.1. The number of carbonyl (C=O) groups excluding carboxylic acids is 3. The van der Waals surface area contributed by atoms with Crippen molar-refractivity contribution >= 4 is 80.1 Å². The number of allylic oxidation sites excluding steroid dienone is 3. The molecular formula is C55H72MgN4O5. The molecular weight excluding hydrogens is 821 g/mol. The van der Waals surface area contributed by atoms with E-state index in [9.17, 15) is 14.4 Å². The molecule has 0 N–H and O–H groups in total. The van der Waals surface area contributed by atoms with Crippen molar-refractivity contribution in [2.24, 2.45) is 17.8 Å². The third-order valence-corrected chi connectivity index (χ3v) is 14.2. The maximum atomic E-state index is 14.4. The first-order valence-corrected chi connectivity index (χ1v) is 24.0. The Morgan fingerprint density at radius 2 is 1.51 bits per heavy atom. The molecule has 0 saturated carbocycles. The Morgan fingerprint density at radius 1 is 0.862 bits per heavy atom. The first kappa shape index (κ1) is 51.7. The molecule has 9 nitrogen and oxygen atoms in total. The SMILES string of the molecule is C=Cc1c(C)c2cc3nc(c4c5[n-]c(cc6nc(cc1[n-]2)C(C)=C6CC)c(C)c5C(=O)[C@H]4C(=O)OC)[C@@H](CCC(=O)OC/C=C(\C)CCC[C@@H](C)CCC[C@@H](C)CCCC(C)C)[C@@H]3C.[Mg+2]. The molecule has 0 amide bonds. The Balaban J connectivity index is 0.00000793. The van der Waals surface area contributed by atoms with E-state index >= 15 is 0 Å². The van der Waals surface area contributed by atoms with Crippen molar-refractivity contribution in [3.8, 4) is 0 Å². The van der Waals surface area contributed by atoms with Crippen LogP contribution in [0.3, 0.4) is 0 Å². The fourth-order valence-electron chi connectivity index (χ4n) is 10.1. The van der Waals surface area contributed by atoms with Gasteiger partial charge in [0.05, 0.1) is 18.5 Å². The minimum absolute atomic E-state index is 0. The molecule has 3 aromatic heterocycles. The number of Topliss-reactive ketones (excluding diaryl/α,β-unsaturated/α-hetero) is 1. The molecule has 0 aromatic carbocycles. The van der Waals surface area contributed by atoms with Gasteiger partial charge in [-0.15, -0.1) is 22.1 Å². The largest absolute Gasteiger partial charge is 2.00 e. The van der Waals surface area contributed by atoms with Gasteiger partial charge < -0.3 is 19.4 Å². The summed E-state index contributed by atoms with van der Waals surface area (Å²) in [5.74, 6) is -0.711. The number of fused-ring (bicyclic) bond motifs is 8. The number of aromatic nitrogens is 4. The summed E-state index contributed by atoms with van der Waals surface area (Å²) in [6.45, 7) is 26.0. The molecule has 8 bridgehead atoms. The van der Waals surface area contributed by atoms with Crippen molar-refractivity contribution in [1.29, 1.82) is 0 Å². The summed E-state index contributed by atoms with van der Waals surface area (Å²) in [5, 5.41) is 0. The van der Waals surface area contributed by atoms with Crippen LogP contribution in [0.1, 0.15) is 206 Å². The molecule has 344 valence electrons. The van der Waals surface area contributed by atoms with Crippen LogP contribution >= 0.6 is 0 Å². The van der Waals surface area contributed by atoms with Gasteiger partial charge in [-0.25, -0.2) is 4.98 Å². The van der Waals surface area contributed by atoms with Gasteiger partial charge in [-0.3, -0.25) is 19.4 Å². The molecule has 6 rings (SSSR count). The number of ether oxygens (including phenoxy) is 2. The van der Waals surface area contributed by atoms with Gasteiger partial charge in [0.2, 0.25) is 0 Å². The van der Waals surface area contributed by atoms with Gasteiger partial charge in [0.1, 0.15) is 12.5 Å². The molecule has 2 aliphatic heterocycles. The quantitative estimate of drug-likeness (QED) is 0.0472. The van der Waals surface area contributed by atoms with Gasteiger partial charge in [0.25, 0.3) is 0 Å². The van der Waals surface area contributed by atoms with Crippen LogP contribution in [0.4, 0.5) is 0 Å². The summed E-state index contributed by atoms with van der Waals surface area (Å²) in [6.07, 6.45) is 16.4. The number of rotatable bonds is 20. The van der Waals surface area contributed by atoms with E-state index in [0.29, 0.717) is 45.8 Å². The topological polar surface area (TPSA) is 124 Å². The number of methoxy groups -OCH3 is 1. The van der Waals surface area contributed by atoms with Gasteiger partial charge in [-0.1, -0.05) is 134 Å². The zero-order valence-electron chi connectivity index (χ0n) is 41.3. The summed E-state index contributed by atoms with van der Waals surface area (Å²) >= 11 is 0. The number of aryl methyl sites for hydroxylation is 2. The minimum atomic E-state index is -1.22. The fraction of sp³-hybridized carbons (Fsp3) is 0.545. The molecule has 5 atom stereocenters. The number of hydrogen-bond acceptors (Lipinski definition) is 7. The molecule has 10 heteroatoms. The minimum Gasteiger partial charge on any atom is -0.657 e. The monoisotopic (exact) mass is 893 g/mol. The van der Waals surface area contributed by atoms with Crippen molar-refractivity contribution in [3.63, 3.8) is 0 Å². The van der Waals surface area contributed by atoms with Crippen LogP contribution in [0.2, 0.25) is 0 Å². The van der Waals surface area contributed by atoms with E-state index in [1.807, 2.05) is 44.2 Å². The van der Waals surface area contributed by atoms with Crippen LogP contribution in [0, 0.1) is 31.6 Å². The van der Waals surface area contributed by atoms with E-state index in [2.05, 4.69) is 62.0 Å². The van der Waals surface area contributed by atoms with Crippen molar-refractivity contribution in [3.05, 3.63) is 87.0 Å². The predicted molar refractivity (Wildman–Crippen MR) is 266 cm³/mol. The van der Waals surface area contributed by atoms with Crippen LogP contribution < -0.4 is 9.97 Å². The van der Waals surface area contributed by atoms with Crippen LogP contribution in [-0.4, -0.2) is 64.5 Å². The van der Waals surface area contributed by atoms with Gasteiger partial charge >= 0.3 is 35.0 Å². The molecule has 0 saturated heterocycles. The van der Waals surface area contributed by atoms with E-state index < -0.39 is 11.9 Å². The van der Waals surface area contributed by atoms with E-state index in [-0.39, 0.29) is 59.7 Å². The van der Waals surface area contributed by atoms with Crippen molar-refractivity contribution in [2.75, 3.05) is 13.7 Å². The van der Waals surface area contributed by atoms with Gasteiger partial charge in [-0.05, 0) is 99.5 Å². The van der Waals surface area contributed by atoms with Crippen molar-refractivity contribution < 1.29 is 23.9 Å². The zero-order chi connectivity index (χ0) is 46.4. The number of carbonyl (C=O) groups is 3. The Labute approximate surface area is 404 Å². The van der Waals surface area contributed by atoms with Crippen LogP contribution in [0.5, 0.6) is 0 Å². The molecule has 3 aliphatic rings. The molecule has 0 unspecified atom stereocenters. The second-order valence-corrected chi connectivity index (χ2v) is 19.4. The summed E-state index contributed by atoms with van der Waals surface area (Å²) < 4.78 is 11.0. The maximum absolute atomic E-state index is 14.4. The van der Waals surface area contributed by atoms with Gasteiger partial charge in [0.15, 0.2) is 5.78 Å². The number of hydrogen-bond donors (Lipinski definition) is 0. The van der Waals surface area contributed by atoms with Gasteiger partial charge in [0, 0.05) is 35.2 Å². The third-order valence-electron chi connectivity index (χ3n) is 14.2. The molecule has 0 fully saturated rings. The molecule has 0 radical (unpaired) electrons. The van der Waals surface area contributed by atoms with E-state index in [4.69, 9.17) is 29.4 Å². The first-order chi connectivity index (χ1) is 30.6. The van der Waals surface area contributed by atoms with E-state index in [0.717, 1.165) is 81.5 Å². The zero-order valence-corrected chi connectivity index (χ0v) is 42.7. The van der Waals surface area contributed by atoms with Crippen LogP contribution in [0.25, 0.3) is 39.3 Å². The second kappa shape index (κ2) is 22.9.